The lowest BCUT2D eigenvalue weighted by atomic mass is 10.1. The quantitative estimate of drug-likeness (QED) is 0.758. The Balaban J connectivity index is 2.72. The first-order valence-corrected chi connectivity index (χ1v) is 4.75. The average molecular weight is 195 g/mol. The van der Waals surface area contributed by atoms with Crippen LogP contribution in [0.4, 0.5) is 5.69 Å². The van der Waals surface area contributed by atoms with Crippen molar-refractivity contribution in [3.05, 3.63) is 29.8 Å². The fourth-order valence-corrected chi connectivity index (χ4v) is 1.29. The highest BCUT2D eigenvalue weighted by Crippen LogP contribution is 2.17. The second-order valence-electron chi connectivity index (χ2n) is 3.41. The summed E-state index contributed by atoms with van der Waals surface area (Å²) in [5, 5.41) is 18.1. The van der Waals surface area contributed by atoms with Gasteiger partial charge in [0.15, 0.2) is 0 Å². The standard InChI is InChI=1S/C11H17NO2/c1-9(14)10-3-5-11(6-4-10)12(2)7-8-13/h3-6,9,13-14H,7-8H2,1-2H3. The summed E-state index contributed by atoms with van der Waals surface area (Å²) in [7, 11) is 1.92. The minimum atomic E-state index is -0.424. The number of anilines is 1. The van der Waals surface area contributed by atoms with Gasteiger partial charge in [-0.25, -0.2) is 0 Å². The van der Waals surface area contributed by atoms with Crippen LogP contribution in [0.25, 0.3) is 0 Å². The Kier molecular flexibility index (Phi) is 3.92. The van der Waals surface area contributed by atoms with Crippen molar-refractivity contribution in [2.45, 2.75) is 13.0 Å². The lowest BCUT2D eigenvalue weighted by Gasteiger charge is -2.18. The summed E-state index contributed by atoms with van der Waals surface area (Å²) in [5.74, 6) is 0. The predicted molar refractivity (Wildman–Crippen MR) is 57.4 cm³/mol. The summed E-state index contributed by atoms with van der Waals surface area (Å²) in [6.45, 7) is 2.51. The Morgan fingerprint density at radius 1 is 1.29 bits per heavy atom. The molecule has 0 aliphatic heterocycles. The van der Waals surface area contributed by atoms with E-state index in [1.165, 1.54) is 0 Å². The molecule has 2 N–H and O–H groups in total. The highest BCUT2D eigenvalue weighted by atomic mass is 16.3. The van der Waals surface area contributed by atoms with Crippen LogP contribution in [0.3, 0.4) is 0 Å². The van der Waals surface area contributed by atoms with Gasteiger partial charge in [-0.2, -0.15) is 0 Å². The molecular weight excluding hydrogens is 178 g/mol. The lowest BCUT2D eigenvalue weighted by Crippen LogP contribution is -2.20. The van der Waals surface area contributed by atoms with E-state index in [9.17, 15) is 5.11 Å². The molecule has 1 rings (SSSR count). The van der Waals surface area contributed by atoms with Crippen molar-refractivity contribution in [2.24, 2.45) is 0 Å². The fourth-order valence-electron chi connectivity index (χ4n) is 1.29. The Bertz CT molecular complexity index is 269. The molecule has 78 valence electrons. The number of hydrogen-bond acceptors (Lipinski definition) is 3. The van der Waals surface area contributed by atoms with Gasteiger partial charge in [-0.05, 0) is 24.6 Å². The van der Waals surface area contributed by atoms with Gasteiger partial charge >= 0.3 is 0 Å². The smallest absolute Gasteiger partial charge is 0.0761 e. The van der Waals surface area contributed by atoms with E-state index in [1.807, 2.05) is 36.2 Å². The van der Waals surface area contributed by atoms with Crippen molar-refractivity contribution in [1.82, 2.24) is 0 Å². The third kappa shape index (κ3) is 2.72. The van der Waals surface area contributed by atoms with Crippen molar-refractivity contribution in [3.8, 4) is 0 Å². The Morgan fingerprint density at radius 3 is 2.29 bits per heavy atom. The van der Waals surface area contributed by atoms with E-state index in [2.05, 4.69) is 0 Å². The summed E-state index contributed by atoms with van der Waals surface area (Å²) >= 11 is 0. The monoisotopic (exact) mass is 195 g/mol. The third-order valence-electron chi connectivity index (χ3n) is 2.25. The molecule has 0 spiro atoms. The molecule has 3 nitrogen and oxygen atoms in total. The molecule has 0 aliphatic carbocycles. The maximum absolute atomic E-state index is 9.30. The highest BCUT2D eigenvalue weighted by Gasteiger charge is 2.02. The summed E-state index contributed by atoms with van der Waals surface area (Å²) in [6, 6.07) is 7.68. The largest absolute Gasteiger partial charge is 0.395 e. The summed E-state index contributed by atoms with van der Waals surface area (Å²) in [6.07, 6.45) is -0.424. The molecule has 14 heavy (non-hydrogen) atoms. The number of likely N-dealkylation sites (N-methyl/N-ethyl adjacent to an activating group) is 1. The van der Waals surface area contributed by atoms with E-state index in [1.54, 1.807) is 6.92 Å². The van der Waals surface area contributed by atoms with Crippen molar-refractivity contribution < 1.29 is 10.2 Å². The van der Waals surface area contributed by atoms with Gasteiger partial charge in [-0.1, -0.05) is 12.1 Å². The van der Waals surface area contributed by atoms with Gasteiger partial charge in [0, 0.05) is 19.3 Å². The van der Waals surface area contributed by atoms with Crippen molar-refractivity contribution >= 4 is 5.69 Å². The topological polar surface area (TPSA) is 43.7 Å². The van der Waals surface area contributed by atoms with E-state index in [-0.39, 0.29) is 6.61 Å². The molecule has 1 aromatic carbocycles. The van der Waals surface area contributed by atoms with Gasteiger partial charge in [0.05, 0.1) is 12.7 Å². The minimum absolute atomic E-state index is 0.147. The lowest BCUT2D eigenvalue weighted by molar-refractivity contribution is 0.199. The molecule has 0 bridgehead atoms. The third-order valence-corrected chi connectivity index (χ3v) is 2.25. The van der Waals surface area contributed by atoms with Crippen LogP contribution in [0.5, 0.6) is 0 Å². The fraction of sp³-hybridized carbons (Fsp3) is 0.455. The van der Waals surface area contributed by atoms with Crippen molar-refractivity contribution in [3.63, 3.8) is 0 Å². The first-order chi connectivity index (χ1) is 6.65. The highest BCUT2D eigenvalue weighted by molar-refractivity contribution is 5.47. The molecule has 0 aliphatic rings. The number of aliphatic hydroxyl groups is 2. The molecule has 0 amide bonds. The van der Waals surface area contributed by atoms with Crippen LogP contribution in [0.1, 0.15) is 18.6 Å². The zero-order valence-corrected chi connectivity index (χ0v) is 8.64. The number of rotatable bonds is 4. The van der Waals surface area contributed by atoms with Gasteiger partial charge in [0.2, 0.25) is 0 Å². The first-order valence-electron chi connectivity index (χ1n) is 4.75. The molecule has 0 saturated carbocycles. The number of hydrogen-bond donors (Lipinski definition) is 2. The molecule has 0 heterocycles. The van der Waals surface area contributed by atoms with E-state index in [0.29, 0.717) is 6.54 Å². The van der Waals surface area contributed by atoms with Crippen LogP contribution in [0, 0.1) is 0 Å². The normalized spacial score (nSPS) is 12.6. The van der Waals surface area contributed by atoms with Crippen LogP contribution in [-0.2, 0) is 0 Å². The Morgan fingerprint density at radius 2 is 1.86 bits per heavy atom. The van der Waals surface area contributed by atoms with Gasteiger partial charge in [0.1, 0.15) is 0 Å². The van der Waals surface area contributed by atoms with Crippen LogP contribution in [0.2, 0.25) is 0 Å². The molecule has 1 aromatic rings. The number of aliphatic hydroxyl groups excluding tert-OH is 2. The average Bonchev–Trinajstić information content (AvgIpc) is 2.18. The molecule has 0 saturated heterocycles. The van der Waals surface area contributed by atoms with E-state index < -0.39 is 6.10 Å². The summed E-state index contributed by atoms with van der Waals surface area (Å²) in [5.41, 5.74) is 1.95. The van der Waals surface area contributed by atoms with Crippen LogP contribution >= 0.6 is 0 Å². The molecule has 0 fully saturated rings. The zero-order valence-electron chi connectivity index (χ0n) is 8.64. The molecule has 1 unspecified atom stereocenters. The van der Waals surface area contributed by atoms with Gasteiger partial charge in [0.25, 0.3) is 0 Å². The molecule has 3 heteroatoms. The van der Waals surface area contributed by atoms with E-state index >= 15 is 0 Å². The van der Waals surface area contributed by atoms with Crippen molar-refractivity contribution in [2.75, 3.05) is 25.1 Å². The SMILES string of the molecule is CC(O)c1ccc(N(C)CCO)cc1. The van der Waals surface area contributed by atoms with Gasteiger partial charge in [-0.15, -0.1) is 0 Å². The molecular formula is C11H17NO2. The predicted octanol–water partition coefficient (Wildman–Crippen LogP) is 1.17. The van der Waals surface area contributed by atoms with Gasteiger partial charge in [-0.3, -0.25) is 0 Å². The summed E-state index contributed by atoms with van der Waals surface area (Å²) < 4.78 is 0. The maximum atomic E-state index is 9.30. The van der Waals surface area contributed by atoms with Crippen LogP contribution in [0.15, 0.2) is 24.3 Å². The Hall–Kier alpha value is -1.06. The van der Waals surface area contributed by atoms with E-state index in [0.717, 1.165) is 11.3 Å². The zero-order chi connectivity index (χ0) is 10.6. The van der Waals surface area contributed by atoms with Crippen LogP contribution in [-0.4, -0.2) is 30.4 Å². The molecule has 0 radical (unpaired) electrons. The maximum Gasteiger partial charge on any atom is 0.0761 e. The minimum Gasteiger partial charge on any atom is -0.395 e. The number of nitrogens with zero attached hydrogens (tertiary/aromatic N) is 1. The first kappa shape index (κ1) is 11.0. The summed E-state index contributed by atoms with van der Waals surface area (Å²) in [4.78, 5) is 1.96. The second-order valence-corrected chi connectivity index (χ2v) is 3.41. The Labute approximate surface area is 84.6 Å². The van der Waals surface area contributed by atoms with E-state index in [4.69, 9.17) is 5.11 Å². The molecule has 1 atom stereocenters. The number of benzene rings is 1. The van der Waals surface area contributed by atoms with Gasteiger partial charge < -0.3 is 15.1 Å². The molecule has 0 aromatic heterocycles. The van der Waals surface area contributed by atoms with Crippen LogP contribution < -0.4 is 4.90 Å². The second kappa shape index (κ2) is 4.98. The van der Waals surface area contributed by atoms with Crippen molar-refractivity contribution in [1.29, 1.82) is 0 Å².